The van der Waals surface area contributed by atoms with Crippen LogP contribution in [-0.2, 0) is 11.0 Å². The second kappa shape index (κ2) is 9.22. The van der Waals surface area contributed by atoms with Gasteiger partial charge in [0.15, 0.2) is 11.6 Å². The quantitative estimate of drug-likeness (QED) is 0.297. The van der Waals surface area contributed by atoms with Crippen LogP contribution >= 0.6 is 0 Å². The Labute approximate surface area is 162 Å². The fourth-order valence-electron chi connectivity index (χ4n) is 2.33. The number of para-hydroxylation sites is 1. The van der Waals surface area contributed by atoms with Crippen molar-refractivity contribution in [2.24, 2.45) is 0 Å². The molecule has 29 heavy (non-hydrogen) atoms. The third-order valence-electron chi connectivity index (χ3n) is 3.78. The van der Waals surface area contributed by atoms with E-state index in [1.165, 1.54) is 25.1 Å². The molecule has 1 unspecified atom stereocenters. The van der Waals surface area contributed by atoms with Gasteiger partial charge in [0.25, 0.3) is 5.69 Å². The fraction of sp³-hybridized carbons (Fsp3) is 0.278. The Morgan fingerprint density at radius 1 is 1.24 bits per heavy atom. The lowest BCUT2D eigenvalue weighted by atomic mass is 10.1. The molecule has 0 aliphatic heterocycles. The number of nitro benzene ring substituents is 1. The summed E-state index contributed by atoms with van der Waals surface area (Å²) in [6.07, 6.45) is -4.73. The lowest BCUT2D eigenvalue weighted by molar-refractivity contribution is -0.384. The Morgan fingerprint density at radius 3 is 2.55 bits per heavy atom. The Morgan fingerprint density at radius 2 is 1.93 bits per heavy atom. The lowest BCUT2D eigenvalue weighted by Crippen LogP contribution is -2.39. The van der Waals surface area contributed by atoms with E-state index < -0.39 is 40.1 Å². The molecule has 0 spiro atoms. The largest absolute Gasteiger partial charge is 0.489 e. The average Bonchev–Trinajstić information content (AvgIpc) is 2.65. The Hall–Kier alpha value is -3.37. The number of benzene rings is 2. The molecule has 1 atom stereocenters. The summed E-state index contributed by atoms with van der Waals surface area (Å²) in [6.45, 7) is 1.38. The van der Waals surface area contributed by atoms with Crippen molar-refractivity contribution in [3.05, 3.63) is 64.0 Å². The van der Waals surface area contributed by atoms with Crippen LogP contribution in [0.4, 0.5) is 28.9 Å². The second-order valence-electron chi connectivity index (χ2n) is 5.92. The molecule has 2 aromatic carbocycles. The third-order valence-corrected chi connectivity index (χ3v) is 3.78. The molecule has 0 saturated carbocycles. The van der Waals surface area contributed by atoms with Crippen molar-refractivity contribution in [2.45, 2.75) is 19.1 Å². The number of nitro groups is 1. The number of rotatable bonds is 8. The molecule has 0 heterocycles. The van der Waals surface area contributed by atoms with Crippen LogP contribution in [-0.4, -0.2) is 30.0 Å². The molecular weight excluding hydrogens is 398 g/mol. The second-order valence-corrected chi connectivity index (χ2v) is 5.92. The number of amides is 1. The first-order valence-electron chi connectivity index (χ1n) is 8.37. The van der Waals surface area contributed by atoms with E-state index in [9.17, 15) is 32.5 Å². The SMILES string of the molecule is CC(Nc1ccc(C(F)(F)F)cc1[N+](=O)[O-])C(=O)NCCOc1ccccc1F. The predicted octanol–water partition coefficient (Wildman–Crippen LogP) is 3.75. The van der Waals surface area contributed by atoms with Crippen LogP contribution in [0.2, 0.25) is 0 Å². The molecule has 2 N–H and O–H groups in total. The van der Waals surface area contributed by atoms with Gasteiger partial charge < -0.3 is 15.4 Å². The molecule has 2 rings (SSSR count). The number of nitrogens with one attached hydrogen (secondary N) is 2. The normalized spacial score (nSPS) is 12.2. The van der Waals surface area contributed by atoms with E-state index in [4.69, 9.17) is 4.74 Å². The van der Waals surface area contributed by atoms with Crippen LogP contribution in [0.1, 0.15) is 12.5 Å². The van der Waals surface area contributed by atoms with Crippen LogP contribution < -0.4 is 15.4 Å². The van der Waals surface area contributed by atoms with Crippen molar-refractivity contribution in [1.82, 2.24) is 5.32 Å². The standard InChI is InChI=1S/C18H17F4N3O4/c1-11(17(26)23-8-9-29-16-5-3-2-4-13(16)19)24-14-7-6-12(18(20,21)22)10-15(14)25(27)28/h2-7,10-11,24H,8-9H2,1H3,(H,23,26). The molecule has 0 aromatic heterocycles. The van der Waals surface area contributed by atoms with E-state index in [2.05, 4.69) is 10.6 Å². The maximum atomic E-state index is 13.4. The number of halogens is 4. The van der Waals surface area contributed by atoms with Crippen molar-refractivity contribution < 1.29 is 32.0 Å². The van der Waals surface area contributed by atoms with Crippen molar-refractivity contribution in [3.63, 3.8) is 0 Å². The summed E-state index contributed by atoms with van der Waals surface area (Å²) in [5.74, 6) is -1.10. The molecule has 0 aliphatic rings. The number of hydrogen-bond acceptors (Lipinski definition) is 5. The van der Waals surface area contributed by atoms with E-state index in [0.29, 0.717) is 12.1 Å². The van der Waals surface area contributed by atoms with Crippen LogP contribution in [0.15, 0.2) is 42.5 Å². The fourth-order valence-corrected chi connectivity index (χ4v) is 2.33. The summed E-state index contributed by atoms with van der Waals surface area (Å²) >= 11 is 0. The van der Waals surface area contributed by atoms with Crippen LogP contribution in [0.25, 0.3) is 0 Å². The highest BCUT2D eigenvalue weighted by Crippen LogP contribution is 2.35. The minimum atomic E-state index is -4.73. The maximum Gasteiger partial charge on any atom is 0.416 e. The molecule has 0 saturated heterocycles. The van der Waals surface area contributed by atoms with E-state index >= 15 is 0 Å². The van der Waals surface area contributed by atoms with Crippen LogP contribution in [0, 0.1) is 15.9 Å². The molecule has 7 nitrogen and oxygen atoms in total. The summed E-state index contributed by atoms with van der Waals surface area (Å²) in [4.78, 5) is 22.2. The molecule has 11 heteroatoms. The van der Waals surface area contributed by atoms with E-state index in [1.807, 2.05) is 0 Å². The summed E-state index contributed by atoms with van der Waals surface area (Å²) < 4.78 is 56.8. The number of alkyl halides is 3. The highest BCUT2D eigenvalue weighted by molar-refractivity contribution is 5.85. The first-order valence-corrected chi connectivity index (χ1v) is 8.37. The van der Waals surface area contributed by atoms with Crippen molar-refractivity contribution >= 4 is 17.3 Å². The molecule has 156 valence electrons. The summed E-state index contributed by atoms with van der Waals surface area (Å²) in [5, 5.41) is 16.1. The minimum absolute atomic E-state index is 0.0216. The highest BCUT2D eigenvalue weighted by Gasteiger charge is 2.33. The third kappa shape index (κ3) is 6.06. The minimum Gasteiger partial charge on any atom is -0.489 e. The van der Waals surface area contributed by atoms with Gasteiger partial charge in [-0.2, -0.15) is 13.2 Å². The Bertz CT molecular complexity index is 890. The number of nitrogens with zero attached hydrogens (tertiary/aromatic N) is 1. The van der Waals surface area contributed by atoms with Crippen molar-refractivity contribution in [2.75, 3.05) is 18.5 Å². The number of hydrogen-bond donors (Lipinski definition) is 2. The zero-order valence-corrected chi connectivity index (χ0v) is 15.1. The first kappa shape index (κ1) is 21.9. The van der Waals surface area contributed by atoms with Gasteiger partial charge in [-0.15, -0.1) is 0 Å². The topological polar surface area (TPSA) is 93.5 Å². The molecule has 0 fully saturated rings. The van der Waals surface area contributed by atoms with E-state index in [0.717, 1.165) is 6.07 Å². The monoisotopic (exact) mass is 415 g/mol. The van der Waals surface area contributed by atoms with Crippen LogP contribution in [0.5, 0.6) is 5.75 Å². The Kier molecular flexibility index (Phi) is 6.97. The maximum absolute atomic E-state index is 13.4. The molecule has 2 aromatic rings. The average molecular weight is 415 g/mol. The molecule has 0 bridgehead atoms. The van der Waals surface area contributed by atoms with Gasteiger partial charge in [0, 0.05) is 6.07 Å². The van der Waals surface area contributed by atoms with Crippen molar-refractivity contribution in [1.29, 1.82) is 0 Å². The number of carbonyl (C=O) groups is 1. The number of carbonyl (C=O) groups excluding carboxylic acids is 1. The summed E-state index contributed by atoms with van der Waals surface area (Å²) in [7, 11) is 0. The highest BCUT2D eigenvalue weighted by atomic mass is 19.4. The van der Waals surface area contributed by atoms with Gasteiger partial charge in [0.1, 0.15) is 18.3 Å². The Balaban J connectivity index is 1.93. The molecule has 1 amide bonds. The zero-order valence-electron chi connectivity index (χ0n) is 15.1. The molecule has 0 aliphatic carbocycles. The predicted molar refractivity (Wildman–Crippen MR) is 96.1 cm³/mol. The van der Waals surface area contributed by atoms with Gasteiger partial charge in [0.05, 0.1) is 17.0 Å². The molecule has 0 radical (unpaired) electrons. The lowest BCUT2D eigenvalue weighted by Gasteiger charge is -2.16. The van der Waals surface area contributed by atoms with Gasteiger partial charge in [-0.25, -0.2) is 4.39 Å². The molecular formula is C18H17F4N3O4. The van der Waals surface area contributed by atoms with Gasteiger partial charge in [-0.1, -0.05) is 12.1 Å². The van der Waals surface area contributed by atoms with E-state index in [1.54, 1.807) is 6.07 Å². The van der Waals surface area contributed by atoms with Gasteiger partial charge in [-0.05, 0) is 31.2 Å². The summed E-state index contributed by atoms with van der Waals surface area (Å²) in [5.41, 5.74) is -2.20. The van der Waals surface area contributed by atoms with Gasteiger partial charge in [-0.3, -0.25) is 14.9 Å². The number of ether oxygens (including phenoxy) is 1. The van der Waals surface area contributed by atoms with E-state index in [-0.39, 0.29) is 24.6 Å². The first-order chi connectivity index (χ1) is 13.6. The zero-order chi connectivity index (χ0) is 21.6. The van der Waals surface area contributed by atoms with Crippen molar-refractivity contribution in [3.8, 4) is 5.75 Å². The van der Waals surface area contributed by atoms with Crippen LogP contribution in [0.3, 0.4) is 0 Å². The smallest absolute Gasteiger partial charge is 0.416 e. The van der Waals surface area contributed by atoms with Gasteiger partial charge in [0.2, 0.25) is 5.91 Å². The number of anilines is 1. The summed E-state index contributed by atoms with van der Waals surface area (Å²) in [6, 6.07) is 6.71. The van der Waals surface area contributed by atoms with Gasteiger partial charge >= 0.3 is 6.18 Å².